The summed E-state index contributed by atoms with van der Waals surface area (Å²) in [7, 11) is 0. The molecule has 130 valence electrons. The first kappa shape index (κ1) is 16.4. The molecule has 0 aliphatic heterocycles. The summed E-state index contributed by atoms with van der Waals surface area (Å²) >= 11 is 1.38. The molecule has 1 aromatic carbocycles. The SMILES string of the molecule is CCOc1ccc(-c2csc3[nH]c(=O)c(-c4ccccc4)c(O)c23)cn1. The van der Waals surface area contributed by atoms with E-state index in [4.69, 9.17) is 4.74 Å². The number of nitrogens with zero attached hydrogens (tertiary/aromatic N) is 1. The molecule has 0 saturated heterocycles. The number of hydrogen-bond acceptors (Lipinski definition) is 5. The van der Waals surface area contributed by atoms with Gasteiger partial charge in [-0.3, -0.25) is 4.79 Å². The third-order valence-electron chi connectivity index (χ3n) is 4.12. The molecule has 6 heteroatoms. The van der Waals surface area contributed by atoms with Crippen molar-refractivity contribution >= 4 is 21.6 Å². The van der Waals surface area contributed by atoms with E-state index in [0.717, 1.165) is 11.1 Å². The fourth-order valence-corrected chi connectivity index (χ4v) is 3.91. The highest BCUT2D eigenvalue weighted by Gasteiger charge is 2.18. The van der Waals surface area contributed by atoms with Gasteiger partial charge in [-0.2, -0.15) is 0 Å². The van der Waals surface area contributed by atoms with Gasteiger partial charge in [-0.05, 0) is 18.6 Å². The van der Waals surface area contributed by atoms with Gasteiger partial charge in [-0.25, -0.2) is 4.98 Å². The van der Waals surface area contributed by atoms with E-state index >= 15 is 0 Å². The molecule has 4 rings (SSSR count). The van der Waals surface area contributed by atoms with Crippen molar-refractivity contribution in [2.45, 2.75) is 6.92 Å². The molecule has 3 heterocycles. The van der Waals surface area contributed by atoms with E-state index in [2.05, 4.69) is 9.97 Å². The van der Waals surface area contributed by atoms with Crippen molar-refractivity contribution in [3.05, 3.63) is 64.4 Å². The highest BCUT2D eigenvalue weighted by molar-refractivity contribution is 7.17. The van der Waals surface area contributed by atoms with Crippen LogP contribution in [-0.2, 0) is 0 Å². The van der Waals surface area contributed by atoms with Crippen LogP contribution in [0.2, 0.25) is 0 Å². The smallest absolute Gasteiger partial charge is 0.260 e. The molecule has 0 saturated carbocycles. The fourth-order valence-electron chi connectivity index (χ4n) is 2.94. The molecular formula is C20H16N2O3S. The Kier molecular flexibility index (Phi) is 4.18. The highest BCUT2D eigenvalue weighted by atomic mass is 32.1. The zero-order valence-electron chi connectivity index (χ0n) is 14.0. The topological polar surface area (TPSA) is 75.2 Å². The van der Waals surface area contributed by atoms with Gasteiger partial charge in [0.25, 0.3) is 5.56 Å². The molecule has 0 atom stereocenters. The number of pyridine rings is 2. The minimum Gasteiger partial charge on any atom is -0.506 e. The Bertz CT molecular complexity index is 1120. The Morgan fingerprint density at radius 1 is 1.15 bits per heavy atom. The molecule has 0 radical (unpaired) electrons. The van der Waals surface area contributed by atoms with Crippen molar-refractivity contribution in [3.8, 4) is 33.9 Å². The largest absolute Gasteiger partial charge is 0.506 e. The van der Waals surface area contributed by atoms with Crippen molar-refractivity contribution in [1.29, 1.82) is 0 Å². The zero-order chi connectivity index (χ0) is 18.1. The number of aromatic nitrogens is 2. The molecule has 4 aromatic rings. The lowest BCUT2D eigenvalue weighted by Crippen LogP contribution is -2.08. The number of ether oxygens (including phenoxy) is 1. The number of thiophene rings is 1. The molecule has 5 nitrogen and oxygen atoms in total. The van der Waals surface area contributed by atoms with E-state index in [9.17, 15) is 9.90 Å². The number of benzene rings is 1. The number of H-pyrrole nitrogens is 1. The maximum atomic E-state index is 12.5. The van der Waals surface area contributed by atoms with Crippen LogP contribution in [0.1, 0.15) is 6.92 Å². The molecule has 0 aliphatic rings. The van der Waals surface area contributed by atoms with E-state index in [1.165, 1.54) is 11.3 Å². The standard InChI is InChI=1S/C20H16N2O3S/c1-2-25-15-9-8-13(10-21-15)14-11-26-20-17(14)18(23)16(19(24)22-20)12-6-4-3-5-7-12/h3-11H,2H2,1H3,(H2,22,23,24). The molecule has 0 unspecified atom stereocenters. The van der Waals surface area contributed by atoms with Gasteiger partial charge in [0.1, 0.15) is 10.6 Å². The second kappa shape index (κ2) is 6.65. The highest BCUT2D eigenvalue weighted by Crippen LogP contribution is 2.41. The first-order valence-corrected chi connectivity index (χ1v) is 9.08. The number of aromatic amines is 1. The zero-order valence-corrected chi connectivity index (χ0v) is 14.8. The predicted molar refractivity (Wildman–Crippen MR) is 104 cm³/mol. The Morgan fingerprint density at radius 2 is 1.96 bits per heavy atom. The molecule has 0 amide bonds. The van der Waals surface area contributed by atoms with Crippen LogP contribution >= 0.6 is 11.3 Å². The summed E-state index contributed by atoms with van der Waals surface area (Å²) in [5.41, 5.74) is 2.32. The summed E-state index contributed by atoms with van der Waals surface area (Å²) in [5.74, 6) is 0.540. The fraction of sp³-hybridized carbons (Fsp3) is 0.100. The van der Waals surface area contributed by atoms with Gasteiger partial charge >= 0.3 is 0 Å². The van der Waals surface area contributed by atoms with Crippen molar-refractivity contribution in [1.82, 2.24) is 9.97 Å². The Balaban J connectivity index is 1.91. The monoisotopic (exact) mass is 364 g/mol. The Labute approximate surface area is 153 Å². The predicted octanol–water partition coefficient (Wildman–Crippen LogP) is 4.42. The van der Waals surface area contributed by atoms with Gasteiger partial charge in [0.2, 0.25) is 5.88 Å². The van der Waals surface area contributed by atoms with Crippen molar-refractivity contribution in [2.75, 3.05) is 6.61 Å². The van der Waals surface area contributed by atoms with Crippen LogP contribution in [0.15, 0.2) is 58.8 Å². The molecule has 26 heavy (non-hydrogen) atoms. The first-order chi connectivity index (χ1) is 12.7. The second-order valence-corrected chi connectivity index (χ2v) is 6.60. The van der Waals surface area contributed by atoms with E-state index in [0.29, 0.717) is 28.3 Å². The third kappa shape index (κ3) is 2.74. The van der Waals surface area contributed by atoms with Crippen LogP contribution < -0.4 is 10.3 Å². The lowest BCUT2D eigenvalue weighted by molar-refractivity contribution is 0.327. The average Bonchev–Trinajstić information content (AvgIpc) is 3.07. The van der Waals surface area contributed by atoms with E-state index in [-0.39, 0.29) is 16.9 Å². The molecular weight excluding hydrogens is 348 g/mol. The third-order valence-corrected chi connectivity index (χ3v) is 5.02. The number of rotatable bonds is 4. The normalized spacial score (nSPS) is 11.0. The Morgan fingerprint density at radius 3 is 2.65 bits per heavy atom. The summed E-state index contributed by atoms with van der Waals surface area (Å²) in [6.07, 6.45) is 1.71. The molecule has 2 N–H and O–H groups in total. The molecule has 0 bridgehead atoms. The van der Waals surface area contributed by atoms with Crippen molar-refractivity contribution in [2.24, 2.45) is 0 Å². The minimum absolute atomic E-state index is 0.0138. The van der Waals surface area contributed by atoms with Gasteiger partial charge in [0, 0.05) is 28.8 Å². The number of nitrogens with one attached hydrogen (secondary N) is 1. The second-order valence-electron chi connectivity index (χ2n) is 5.72. The first-order valence-electron chi connectivity index (χ1n) is 8.20. The van der Waals surface area contributed by atoms with Crippen LogP contribution in [0.5, 0.6) is 11.6 Å². The van der Waals surface area contributed by atoms with Crippen LogP contribution in [0.4, 0.5) is 0 Å². The summed E-state index contributed by atoms with van der Waals surface area (Å²) < 4.78 is 5.38. The quantitative estimate of drug-likeness (QED) is 0.562. The number of fused-ring (bicyclic) bond motifs is 1. The van der Waals surface area contributed by atoms with Crippen LogP contribution in [0.25, 0.3) is 32.5 Å². The van der Waals surface area contributed by atoms with Crippen molar-refractivity contribution < 1.29 is 9.84 Å². The molecule has 0 fully saturated rings. The van der Waals surface area contributed by atoms with Crippen molar-refractivity contribution in [3.63, 3.8) is 0 Å². The van der Waals surface area contributed by atoms with Gasteiger partial charge in [-0.1, -0.05) is 30.3 Å². The van der Waals surface area contributed by atoms with Gasteiger partial charge in [-0.15, -0.1) is 11.3 Å². The van der Waals surface area contributed by atoms with E-state index in [1.807, 2.05) is 36.6 Å². The molecule has 0 spiro atoms. The lowest BCUT2D eigenvalue weighted by atomic mass is 10.0. The molecule has 0 aliphatic carbocycles. The maximum absolute atomic E-state index is 12.5. The van der Waals surface area contributed by atoms with Gasteiger partial charge in [0.05, 0.1) is 17.6 Å². The van der Waals surface area contributed by atoms with E-state index < -0.39 is 0 Å². The lowest BCUT2D eigenvalue weighted by Gasteiger charge is -2.08. The van der Waals surface area contributed by atoms with Crippen LogP contribution in [0.3, 0.4) is 0 Å². The summed E-state index contributed by atoms with van der Waals surface area (Å²) in [4.78, 5) is 20.3. The molecule has 3 aromatic heterocycles. The average molecular weight is 364 g/mol. The van der Waals surface area contributed by atoms with Crippen LogP contribution in [0, 0.1) is 0 Å². The van der Waals surface area contributed by atoms with E-state index in [1.54, 1.807) is 24.4 Å². The van der Waals surface area contributed by atoms with Gasteiger partial charge < -0.3 is 14.8 Å². The summed E-state index contributed by atoms with van der Waals surface area (Å²) in [6, 6.07) is 12.8. The number of aromatic hydroxyl groups is 1. The van der Waals surface area contributed by atoms with Gasteiger partial charge in [0.15, 0.2) is 0 Å². The minimum atomic E-state index is -0.306. The summed E-state index contributed by atoms with van der Waals surface area (Å²) in [5, 5.41) is 13.4. The summed E-state index contributed by atoms with van der Waals surface area (Å²) in [6.45, 7) is 2.46. The number of hydrogen-bond donors (Lipinski definition) is 2. The van der Waals surface area contributed by atoms with Crippen LogP contribution in [-0.4, -0.2) is 21.7 Å². The Hall–Kier alpha value is -3.12. The maximum Gasteiger partial charge on any atom is 0.260 e.